The zero-order chi connectivity index (χ0) is 12.4. The molecule has 7 nitrogen and oxygen atoms in total. The maximum absolute atomic E-state index is 10.8. The number of hydrogen-bond donors (Lipinski definition) is 3. The van der Waals surface area contributed by atoms with Crippen LogP contribution in [0.5, 0.6) is 0 Å². The largest absolute Gasteiger partial charge is 0.465 e. The molecule has 0 radical (unpaired) electrons. The van der Waals surface area contributed by atoms with Crippen molar-refractivity contribution < 1.29 is 9.90 Å². The molecule has 1 atom stereocenters. The third kappa shape index (κ3) is 2.76. The van der Waals surface area contributed by atoms with Gasteiger partial charge in [-0.15, -0.1) is 0 Å². The van der Waals surface area contributed by atoms with E-state index >= 15 is 0 Å². The average molecular weight is 302 g/mol. The first-order valence-electron chi connectivity index (χ1n) is 5.08. The minimum Gasteiger partial charge on any atom is -0.465 e. The molecule has 8 heteroatoms. The number of hydrogen-bond acceptors (Lipinski definition) is 5. The summed E-state index contributed by atoms with van der Waals surface area (Å²) in [5.41, 5.74) is 5.68. The fourth-order valence-corrected chi connectivity index (χ4v) is 2.01. The van der Waals surface area contributed by atoms with Crippen molar-refractivity contribution in [2.75, 3.05) is 24.1 Å². The highest BCUT2D eigenvalue weighted by atomic mass is 79.9. The fraction of sp³-hybridized carbons (Fsp3) is 0.444. The first-order valence-corrected chi connectivity index (χ1v) is 5.88. The number of rotatable bonds is 2. The van der Waals surface area contributed by atoms with Gasteiger partial charge in [0.05, 0.1) is 6.20 Å². The lowest BCUT2D eigenvalue weighted by atomic mass is 10.2. The standard InChI is InChI=1S/C9H12BrN5O2/c10-6-3-12-7(11)8(14-6)13-5-1-2-15(4-5)9(16)17/h3,5H,1-2,4H2,(H2,11,12)(H,13,14)(H,16,17). The van der Waals surface area contributed by atoms with E-state index in [0.29, 0.717) is 29.3 Å². The van der Waals surface area contributed by atoms with Gasteiger partial charge >= 0.3 is 6.09 Å². The van der Waals surface area contributed by atoms with Gasteiger partial charge < -0.3 is 21.1 Å². The Hall–Kier alpha value is -1.57. The van der Waals surface area contributed by atoms with Crippen molar-refractivity contribution in [1.29, 1.82) is 0 Å². The highest BCUT2D eigenvalue weighted by molar-refractivity contribution is 9.10. The van der Waals surface area contributed by atoms with Crippen LogP contribution in [0.3, 0.4) is 0 Å². The van der Waals surface area contributed by atoms with Gasteiger partial charge in [-0.2, -0.15) is 0 Å². The van der Waals surface area contributed by atoms with E-state index < -0.39 is 6.09 Å². The maximum atomic E-state index is 10.8. The second-order valence-electron chi connectivity index (χ2n) is 3.79. The van der Waals surface area contributed by atoms with Crippen LogP contribution in [0.4, 0.5) is 16.4 Å². The van der Waals surface area contributed by atoms with Crippen LogP contribution in [0.1, 0.15) is 6.42 Å². The normalized spacial score (nSPS) is 19.4. The molecule has 0 bridgehead atoms. The van der Waals surface area contributed by atoms with Crippen LogP contribution < -0.4 is 11.1 Å². The zero-order valence-electron chi connectivity index (χ0n) is 8.93. The third-order valence-electron chi connectivity index (χ3n) is 2.57. The molecular weight excluding hydrogens is 290 g/mol. The fourth-order valence-electron chi connectivity index (χ4n) is 1.73. The van der Waals surface area contributed by atoms with E-state index in [1.54, 1.807) is 0 Å². The van der Waals surface area contributed by atoms with Crippen molar-refractivity contribution in [1.82, 2.24) is 14.9 Å². The number of nitrogen functional groups attached to an aromatic ring is 1. The summed E-state index contributed by atoms with van der Waals surface area (Å²) in [6.07, 6.45) is 1.35. The summed E-state index contributed by atoms with van der Waals surface area (Å²) in [6.45, 7) is 0.956. The Morgan fingerprint density at radius 1 is 1.71 bits per heavy atom. The summed E-state index contributed by atoms with van der Waals surface area (Å²) in [5, 5.41) is 11.9. The van der Waals surface area contributed by atoms with Crippen LogP contribution in [0.25, 0.3) is 0 Å². The van der Waals surface area contributed by atoms with Crippen LogP contribution in [0, 0.1) is 0 Å². The Morgan fingerprint density at radius 3 is 3.12 bits per heavy atom. The number of carbonyl (C=O) groups is 1. The molecule has 0 saturated carbocycles. The Labute approximate surface area is 106 Å². The molecule has 1 unspecified atom stereocenters. The lowest BCUT2D eigenvalue weighted by molar-refractivity contribution is 0.155. The summed E-state index contributed by atoms with van der Waals surface area (Å²) >= 11 is 3.21. The number of likely N-dealkylation sites (tertiary alicyclic amines) is 1. The molecule has 4 N–H and O–H groups in total. The molecule has 17 heavy (non-hydrogen) atoms. The van der Waals surface area contributed by atoms with Crippen LogP contribution in [-0.2, 0) is 0 Å². The van der Waals surface area contributed by atoms with E-state index in [9.17, 15) is 4.79 Å². The Morgan fingerprint density at radius 2 is 2.47 bits per heavy atom. The highest BCUT2D eigenvalue weighted by Crippen LogP contribution is 2.19. The van der Waals surface area contributed by atoms with Gasteiger partial charge in [0.1, 0.15) is 4.60 Å². The topological polar surface area (TPSA) is 104 Å². The first kappa shape index (κ1) is 11.9. The monoisotopic (exact) mass is 301 g/mol. The van der Waals surface area contributed by atoms with Gasteiger partial charge in [-0.25, -0.2) is 14.8 Å². The Balaban J connectivity index is 2.02. The molecule has 1 aliphatic rings. The number of halogens is 1. The number of amides is 1. The van der Waals surface area contributed by atoms with Crippen LogP contribution >= 0.6 is 15.9 Å². The van der Waals surface area contributed by atoms with Gasteiger partial charge in [-0.3, -0.25) is 0 Å². The van der Waals surface area contributed by atoms with Crippen molar-refractivity contribution >= 4 is 33.7 Å². The number of nitrogens with zero attached hydrogens (tertiary/aromatic N) is 3. The molecule has 1 fully saturated rings. The molecule has 2 heterocycles. The smallest absolute Gasteiger partial charge is 0.407 e. The van der Waals surface area contributed by atoms with Gasteiger partial charge in [-0.1, -0.05) is 0 Å². The minimum absolute atomic E-state index is 0.0250. The van der Waals surface area contributed by atoms with Crippen molar-refractivity contribution in [2.24, 2.45) is 0 Å². The Bertz CT molecular complexity index is 441. The van der Waals surface area contributed by atoms with E-state index in [0.717, 1.165) is 6.42 Å². The molecule has 1 saturated heterocycles. The Kier molecular flexibility index (Phi) is 3.32. The highest BCUT2D eigenvalue weighted by Gasteiger charge is 2.26. The van der Waals surface area contributed by atoms with Crippen LogP contribution in [0.2, 0.25) is 0 Å². The van der Waals surface area contributed by atoms with Crippen molar-refractivity contribution in [3.8, 4) is 0 Å². The number of nitrogens with two attached hydrogens (primary N) is 1. The molecule has 0 spiro atoms. The average Bonchev–Trinajstić information content (AvgIpc) is 2.72. The van der Waals surface area contributed by atoms with E-state index in [1.807, 2.05) is 0 Å². The number of carboxylic acid groups (broad SMARTS) is 1. The SMILES string of the molecule is Nc1ncc(Br)nc1NC1CCN(C(=O)O)C1. The van der Waals surface area contributed by atoms with E-state index in [4.69, 9.17) is 10.8 Å². The minimum atomic E-state index is -0.900. The van der Waals surface area contributed by atoms with Crippen molar-refractivity contribution in [3.63, 3.8) is 0 Å². The predicted molar refractivity (Wildman–Crippen MR) is 65.8 cm³/mol. The van der Waals surface area contributed by atoms with Crippen LogP contribution in [-0.4, -0.2) is 45.2 Å². The quantitative estimate of drug-likeness (QED) is 0.752. The lowest BCUT2D eigenvalue weighted by Crippen LogP contribution is -2.30. The molecule has 1 aliphatic heterocycles. The van der Waals surface area contributed by atoms with E-state index in [1.165, 1.54) is 11.1 Å². The predicted octanol–water partition coefficient (Wildman–Crippen LogP) is 0.985. The molecular formula is C9H12BrN5O2. The van der Waals surface area contributed by atoms with Gasteiger partial charge in [-0.05, 0) is 22.4 Å². The van der Waals surface area contributed by atoms with Gasteiger partial charge in [0.15, 0.2) is 11.6 Å². The molecule has 1 aromatic rings. The summed E-state index contributed by atoms with van der Waals surface area (Å²) in [5.74, 6) is 0.790. The van der Waals surface area contributed by atoms with Crippen molar-refractivity contribution in [3.05, 3.63) is 10.8 Å². The first-order chi connectivity index (χ1) is 8.06. The molecule has 1 amide bonds. The van der Waals surface area contributed by atoms with Gasteiger partial charge in [0.2, 0.25) is 0 Å². The zero-order valence-corrected chi connectivity index (χ0v) is 10.5. The molecule has 92 valence electrons. The summed E-state index contributed by atoms with van der Waals surface area (Å²) in [4.78, 5) is 20.2. The number of aromatic nitrogens is 2. The third-order valence-corrected chi connectivity index (χ3v) is 2.95. The van der Waals surface area contributed by atoms with Gasteiger partial charge in [0.25, 0.3) is 0 Å². The van der Waals surface area contributed by atoms with Gasteiger partial charge in [0, 0.05) is 19.1 Å². The van der Waals surface area contributed by atoms with E-state index in [-0.39, 0.29) is 6.04 Å². The lowest BCUT2D eigenvalue weighted by Gasteiger charge is -2.15. The summed E-state index contributed by atoms with van der Waals surface area (Å²) < 4.78 is 0.585. The van der Waals surface area contributed by atoms with E-state index in [2.05, 4.69) is 31.2 Å². The summed E-state index contributed by atoms with van der Waals surface area (Å²) in [7, 11) is 0. The van der Waals surface area contributed by atoms with Crippen molar-refractivity contribution in [2.45, 2.75) is 12.5 Å². The second-order valence-corrected chi connectivity index (χ2v) is 4.60. The number of nitrogens with one attached hydrogen (secondary N) is 1. The molecule has 1 aromatic heterocycles. The summed E-state index contributed by atoms with van der Waals surface area (Å²) in [6, 6.07) is 0.0250. The molecule has 0 aromatic carbocycles. The maximum Gasteiger partial charge on any atom is 0.407 e. The molecule has 0 aliphatic carbocycles. The van der Waals surface area contributed by atoms with Crippen LogP contribution in [0.15, 0.2) is 10.8 Å². The number of anilines is 2. The molecule has 2 rings (SSSR count). The second kappa shape index (κ2) is 4.74.